The van der Waals surface area contributed by atoms with Crippen LogP contribution in [0.2, 0.25) is 5.02 Å². The zero-order chi connectivity index (χ0) is 21.5. The molecule has 156 valence electrons. The molecule has 0 saturated heterocycles. The molecular weight excluding hydrogens is 398 g/mol. The van der Waals surface area contributed by atoms with E-state index in [2.05, 4.69) is 10.3 Å². The first-order valence-electron chi connectivity index (χ1n) is 9.41. The second kappa shape index (κ2) is 7.67. The molecule has 1 aliphatic carbocycles. The standard InChI is InChI=1S/C20H24ClN3O5/c1-10(22-19(28)29-20(2,3)4)16-23-14-7-5-6-13(21)15(14)17(25)24(16)12-8-11(9-12)18(26)27/h5-7,10-12H,8-9H2,1-4H3,(H,22,28)(H,26,27)/t10-,11?,12?/m0/s1. The average Bonchev–Trinajstić information content (AvgIpc) is 2.52. The number of aliphatic carboxylic acids is 1. The molecule has 1 saturated carbocycles. The van der Waals surface area contributed by atoms with Gasteiger partial charge in [0.25, 0.3) is 5.56 Å². The van der Waals surface area contributed by atoms with Crippen LogP contribution in [0.3, 0.4) is 0 Å². The maximum atomic E-state index is 13.2. The minimum atomic E-state index is -0.887. The van der Waals surface area contributed by atoms with Crippen molar-refractivity contribution in [3.05, 3.63) is 39.4 Å². The topological polar surface area (TPSA) is 111 Å². The highest BCUT2D eigenvalue weighted by Crippen LogP contribution is 2.38. The van der Waals surface area contributed by atoms with E-state index in [1.807, 2.05) is 0 Å². The molecule has 1 aromatic heterocycles. The first-order valence-corrected chi connectivity index (χ1v) is 9.78. The predicted molar refractivity (Wildman–Crippen MR) is 108 cm³/mol. The number of nitrogens with one attached hydrogen (secondary N) is 1. The molecule has 0 unspecified atom stereocenters. The lowest BCUT2D eigenvalue weighted by Crippen LogP contribution is -2.42. The Morgan fingerprint density at radius 3 is 2.59 bits per heavy atom. The van der Waals surface area contributed by atoms with Gasteiger partial charge in [-0.1, -0.05) is 17.7 Å². The zero-order valence-corrected chi connectivity index (χ0v) is 17.5. The summed E-state index contributed by atoms with van der Waals surface area (Å²) in [6.07, 6.45) is 0.00643. The highest BCUT2D eigenvalue weighted by Gasteiger charge is 2.38. The molecule has 1 aromatic carbocycles. The van der Waals surface area contributed by atoms with E-state index in [-0.39, 0.29) is 22.0 Å². The number of hydrogen-bond donors (Lipinski definition) is 2. The fourth-order valence-corrected chi connectivity index (χ4v) is 3.68. The number of aromatic nitrogens is 2. The summed E-state index contributed by atoms with van der Waals surface area (Å²) in [5.41, 5.74) is -0.598. The molecule has 8 nitrogen and oxygen atoms in total. The summed E-state index contributed by atoms with van der Waals surface area (Å²) in [5, 5.41) is 12.5. The van der Waals surface area contributed by atoms with Crippen LogP contribution in [0.25, 0.3) is 10.9 Å². The number of benzene rings is 1. The maximum Gasteiger partial charge on any atom is 0.408 e. The van der Waals surface area contributed by atoms with Crippen molar-refractivity contribution in [2.75, 3.05) is 0 Å². The smallest absolute Gasteiger partial charge is 0.408 e. The van der Waals surface area contributed by atoms with Crippen LogP contribution in [0.15, 0.2) is 23.0 Å². The van der Waals surface area contributed by atoms with Gasteiger partial charge in [0.05, 0.1) is 27.9 Å². The molecule has 1 atom stereocenters. The minimum Gasteiger partial charge on any atom is -0.481 e. The van der Waals surface area contributed by atoms with Gasteiger partial charge in [0.1, 0.15) is 11.4 Å². The van der Waals surface area contributed by atoms with Crippen molar-refractivity contribution in [1.82, 2.24) is 14.9 Å². The van der Waals surface area contributed by atoms with Crippen LogP contribution in [0.1, 0.15) is 58.4 Å². The zero-order valence-electron chi connectivity index (χ0n) is 16.7. The van der Waals surface area contributed by atoms with Crippen molar-refractivity contribution >= 4 is 34.6 Å². The Morgan fingerprint density at radius 1 is 1.34 bits per heavy atom. The Labute approximate surface area is 172 Å². The molecule has 2 aromatic rings. The van der Waals surface area contributed by atoms with Gasteiger partial charge in [0.2, 0.25) is 0 Å². The van der Waals surface area contributed by atoms with Crippen molar-refractivity contribution in [3.8, 4) is 0 Å². The first-order chi connectivity index (χ1) is 13.5. The van der Waals surface area contributed by atoms with Crippen LogP contribution in [-0.2, 0) is 9.53 Å². The van der Waals surface area contributed by atoms with E-state index in [1.54, 1.807) is 45.9 Å². The summed E-state index contributed by atoms with van der Waals surface area (Å²) < 4.78 is 6.76. The summed E-state index contributed by atoms with van der Waals surface area (Å²) in [6, 6.07) is 4.03. The molecule has 1 heterocycles. The Bertz CT molecular complexity index is 1020. The number of alkyl carbamates (subject to hydrolysis) is 1. The Morgan fingerprint density at radius 2 is 2.00 bits per heavy atom. The second-order valence-corrected chi connectivity index (χ2v) is 8.71. The third kappa shape index (κ3) is 4.37. The number of amides is 1. The fourth-order valence-electron chi connectivity index (χ4n) is 3.43. The molecule has 9 heteroatoms. The second-order valence-electron chi connectivity index (χ2n) is 8.31. The van der Waals surface area contributed by atoms with E-state index < -0.39 is 29.6 Å². The number of fused-ring (bicyclic) bond motifs is 1. The van der Waals surface area contributed by atoms with Gasteiger partial charge >= 0.3 is 12.1 Å². The van der Waals surface area contributed by atoms with Gasteiger partial charge in [-0.3, -0.25) is 14.2 Å². The fraction of sp³-hybridized carbons (Fsp3) is 0.500. The lowest BCUT2D eigenvalue weighted by Gasteiger charge is -2.36. The quantitative estimate of drug-likeness (QED) is 0.779. The predicted octanol–water partition coefficient (Wildman–Crippen LogP) is 3.67. The molecule has 0 bridgehead atoms. The highest BCUT2D eigenvalue weighted by atomic mass is 35.5. The first kappa shape index (κ1) is 21.1. The van der Waals surface area contributed by atoms with E-state index in [0.29, 0.717) is 24.2 Å². The Hall–Kier alpha value is -2.61. The third-order valence-corrected chi connectivity index (χ3v) is 5.17. The largest absolute Gasteiger partial charge is 0.481 e. The Kier molecular flexibility index (Phi) is 5.58. The Balaban J connectivity index is 2.03. The molecule has 1 aliphatic rings. The van der Waals surface area contributed by atoms with Gasteiger partial charge in [-0.25, -0.2) is 9.78 Å². The molecule has 1 fully saturated rings. The molecular formula is C20H24ClN3O5. The van der Waals surface area contributed by atoms with Crippen molar-refractivity contribution in [3.63, 3.8) is 0 Å². The summed E-state index contributed by atoms with van der Waals surface area (Å²) in [7, 11) is 0. The number of ether oxygens (including phenoxy) is 1. The highest BCUT2D eigenvalue weighted by molar-refractivity contribution is 6.35. The van der Waals surface area contributed by atoms with E-state index in [9.17, 15) is 19.5 Å². The minimum absolute atomic E-state index is 0.279. The monoisotopic (exact) mass is 421 g/mol. The van der Waals surface area contributed by atoms with Gasteiger partial charge in [0, 0.05) is 6.04 Å². The van der Waals surface area contributed by atoms with Crippen molar-refractivity contribution < 1.29 is 19.4 Å². The van der Waals surface area contributed by atoms with E-state index >= 15 is 0 Å². The number of nitrogens with zero attached hydrogens (tertiary/aromatic N) is 2. The van der Waals surface area contributed by atoms with E-state index in [1.165, 1.54) is 4.57 Å². The lowest BCUT2D eigenvalue weighted by molar-refractivity contribution is -0.146. The van der Waals surface area contributed by atoms with Crippen molar-refractivity contribution in [2.45, 2.75) is 58.2 Å². The normalized spacial score (nSPS) is 20.0. The van der Waals surface area contributed by atoms with Crippen LogP contribution in [0, 0.1) is 5.92 Å². The van der Waals surface area contributed by atoms with Crippen LogP contribution < -0.4 is 10.9 Å². The number of carboxylic acid groups (broad SMARTS) is 1. The molecule has 0 radical (unpaired) electrons. The van der Waals surface area contributed by atoms with Crippen LogP contribution >= 0.6 is 11.6 Å². The van der Waals surface area contributed by atoms with Gasteiger partial charge in [-0.15, -0.1) is 0 Å². The number of carboxylic acids is 1. The lowest BCUT2D eigenvalue weighted by atomic mass is 9.80. The van der Waals surface area contributed by atoms with Crippen molar-refractivity contribution in [2.24, 2.45) is 5.92 Å². The third-order valence-electron chi connectivity index (χ3n) is 4.85. The van der Waals surface area contributed by atoms with Gasteiger partial charge in [-0.2, -0.15) is 0 Å². The molecule has 1 amide bonds. The summed E-state index contributed by atoms with van der Waals surface area (Å²) in [5.74, 6) is -1.05. The number of halogens is 1. The SMILES string of the molecule is C[C@H](NC(=O)OC(C)(C)C)c1nc2cccc(Cl)c2c(=O)n1C1CC(C(=O)O)C1. The van der Waals surface area contributed by atoms with Gasteiger partial charge in [-0.05, 0) is 52.7 Å². The molecule has 2 N–H and O–H groups in total. The number of rotatable bonds is 4. The molecule has 3 rings (SSSR count). The van der Waals surface area contributed by atoms with E-state index in [4.69, 9.17) is 16.3 Å². The van der Waals surface area contributed by atoms with Crippen LogP contribution in [-0.4, -0.2) is 32.3 Å². The molecule has 0 aliphatic heterocycles. The molecule has 0 spiro atoms. The van der Waals surface area contributed by atoms with Gasteiger partial charge < -0.3 is 15.2 Å². The number of carbonyl (C=O) groups is 2. The molecule has 29 heavy (non-hydrogen) atoms. The van der Waals surface area contributed by atoms with E-state index in [0.717, 1.165) is 0 Å². The maximum absolute atomic E-state index is 13.2. The summed E-state index contributed by atoms with van der Waals surface area (Å²) >= 11 is 6.23. The summed E-state index contributed by atoms with van der Waals surface area (Å²) in [4.78, 5) is 41.2. The number of hydrogen-bond acceptors (Lipinski definition) is 5. The number of carbonyl (C=O) groups excluding carboxylic acids is 1. The average molecular weight is 422 g/mol. The van der Waals surface area contributed by atoms with Gasteiger partial charge in [0.15, 0.2) is 0 Å². The summed E-state index contributed by atoms with van der Waals surface area (Å²) in [6.45, 7) is 6.96. The van der Waals surface area contributed by atoms with Crippen LogP contribution in [0.4, 0.5) is 4.79 Å². The van der Waals surface area contributed by atoms with Crippen LogP contribution in [0.5, 0.6) is 0 Å². The van der Waals surface area contributed by atoms with Crippen molar-refractivity contribution in [1.29, 1.82) is 0 Å².